The first-order valence-corrected chi connectivity index (χ1v) is 9.61. The first-order valence-electron chi connectivity index (χ1n) is 8.85. The molecule has 3 heterocycles. The highest BCUT2D eigenvalue weighted by Crippen LogP contribution is 2.32. The molecule has 1 aromatic carbocycles. The first-order chi connectivity index (χ1) is 13.5. The van der Waals surface area contributed by atoms with Gasteiger partial charge in [-0.3, -0.25) is 4.79 Å². The topological polar surface area (TPSA) is 98.2 Å². The van der Waals surface area contributed by atoms with Gasteiger partial charge in [0.15, 0.2) is 5.82 Å². The van der Waals surface area contributed by atoms with Crippen molar-refractivity contribution in [3.8, 4) is 11.4 Å². The molecule has 1 fully saturated rings. The van der Waals surface area contributed by atoms with Crippen LogP contribution in [0.2, 0.25) is 10.0 Å². The van der Waals surface area contributed by atoms with Gasteiger partial charge in [0.1, 0.15) is 6.42 Å². The molecule has 0 N–H and O–H groups in total. The lowest BCUT2D eigenvalue weighted by atomic mass is 9.96. The van der Waals surface area contributed by atoms with Crippen LogP contribution in [-0.2, 0) is 11.2 Å². The maximum absolute atomic E-state index is 12.4. The number of hydrogen-bond donors (Lipinski definition) is 0. The van der Waals surface area contributed by atoms with E-state index < -0.39 is 0 Å². The Hall–Kier alpha value is -2.45. The molecule has 0 unspecified atom stereocenters. The molecule has 8 nitrogen and oxygen atoms in total. The van der Waals surface area contributed by atoms with Gasteiger partial charge in [0.25, 0.3) is 0 Å². The number of benzene rings is 1. The van der Waals surface area contributed by atoms with Crippen molar-refractivity contribution in [2.75, 3.05) is 13.1 Å². The van der Waals surface area contributed by atoms with E-state index in [-0.39, 0.29) is 18.2 Å². The predicted molar refractivity (Wildman–Crippen MR) is 101 cm³/mol. The summed E-state index contributed by atoms with van der Waals surface area (Å²) in [6, 6.07) is 5.14. The van der Waals surface area contributed by atoms with E-state index in [9.17, 15) is 4.79 Å². The second-order valence-electron chi connectivity index (χ2n) is 6.65. The van der Waals surface area contributed by atoms with Gasteiger partial charge in [0.2, 0.25) is 23.5 Å². The lowest BCUT2D eigenvalue weighted by Gasteiger charge is -2.30. The fourth-order valence-electron chi connectivity index (χ4n) is 3.21. The number of aromatic nitrogens is 4. The second-order valence-corrected chi connectivity index (χ2v) is 7.49. The number of hydrogen-bond acceptors (Lipinski definition) is 7. The summed E-state index contributed by atoms with van der Waals surface area (Å²) in [5, 5.41) is 8.76. The Kier molecular flexibility index (Phi) is 5.32. The van der Waals surface area contributed by atoms with E-state index in [1.807, 2.05) is 0 Å². The summed E-state index contributed by atoms with van der Waals surface area (Å²) < 4.78 is 10.5. The third-order valence-corrected chi connectivity index (χ3v) is 5.23. The third kappa shape index (κ3) is 4.02. The smallest absolute Gasteiger partial charge is 0.236 e. The fraction of sp³-hybridized carbons (Fsp3) is 0.389. The first kappa shape index (κ1) is 18.9. The highest BCUT2D eigenvalue weighted by atomic mass is 35.5. The Balaban J connectivity index is 1.37. The summed E-state index contributed by atoms with van der Waals surface area (Å²) in [5.74, 6) is 1.92. The minimum Gasteiger partial charge on any atom is -0.342 e. The number of aryl methyl sites for hydroxylation is 1. The van der Waals surface area contributed by atoms with Crippen LogP contribution in [0, 0.1) is 6.92 Å². The van der Waals surface area contributed by atoms with E-state index in [2.05, 4.69) is 20.3 Å². The zero-order valence-corrected chi connectivity index (χ0v) is 16.6. The van der Waals surface area contributed by atoms with Crippen molar-refractivity contribution in [2.24, 2.45) is 0 Å². The van der Waals surface area contributed by atoms with Gasteiger partial charge in [-0.05, 0) is 38.0 Å². The van der Waals surface area contributed by atoms with Crippen LogP contribution >= 0.6 is 23.2 Å². The van der Waals surface area contributed by atoms with Gasteiger partial charge in [-0.1, -0.05) is 33.5 Å². The van der Waals surface area contributed by atoms with Crippen LogP contribution in [-0.4, -0.2) is 44.2 Å². The number of carbonyl (C=O) groups excluding carboxylic acids is 1. The second kappa shape index (κ2) is 7.89. The molecule has 1 aliphatic heterocycles. The van der Waals surface area contributed by atoms with Crippen LogP contribution in [0.5, 0.6) is 0 Å². The third-order valence-electron chi connectivity index (χ3n) is 4.68. The number of likely N-dealkylation sites (tertiary alicyclic amines) is 1. The molecule has 0 aliphatic carbocycles. The molecule has 3 aromatic rings. The number of halogens is 2. The Bertz CT molecular complexity index is 995. The van der Waals surface area contributed by atoms with Crippen molar-refractivity contribution in [3.63, 3.8) is 0 Å². The van der Waals surface area contributed by atoms with Crippen LogP contribution < -0.4 is 0 Å². The number of amides is 1. The Morgan fingerprint density at radius 3 is 2.64 bits per heavy atom. The minimum absolute atomic E-state index is 0.0266. The quantitative estimate of drug-likeness (QED) is 0.633. The van der Waals surface area contributed by atoms with Crippen LogP contribution in [0.1, 0.15) is 36.4 Å². The van der Waals surface area contributed by atoms with E-state index in [4.69, 9.17) is 32.2 Å². The highest BCUT2D eigenvalue weighted by molar-refractivity contribution is 6.36. The molecule has 1 amide bonds. The van der Waals surface area contributed by atoms with Gasteiger partial charge < -0.3 is 13.9 Å². The number of piperidine rings is 1. The van der Waals surface area contributed by atoms with E-state index in [1.165, 1.54) is 0 Å². The van der Waals surface area contributed by atoms with E-state index in [0.29, 0.717) is 52.1 Å². The molecular formula is C18H17Cl2N5O3. The molecule has 4 rings (SSSR count). The molecule has 0 radical (unpaired) electrons. The molecule has 1 saturated heterocycles. The minimum atomic E-state index is -0.0266. The maximum atomic E-state index is 12.4. The zero-order chi connectivity index (χ0) is 19.7. The molecule has 146 valence electrons. The van der Waals surface area contributed by atoms with Gasteiger partial charge in [0.05, 0.1) is 5.02 Å². The number of carbonyl (C=O) groups is 1. The molecule has 1 aliphatic rings. The Labute approximate surface area is 170 Å². The summed E-state index contributed by atoms with van der Waals surface area (Å²) in [7, 11) is 0. The number of rotatable bonds is 4. The van der Waals surface area contributed by atoms with E-state index in [0.717, 1.165) is 12.8 Å². The predicted octanol–water partition coefficient (Wildman–Crippen LogP) is 3.68. The van der Waals surface area contributed by atoms with Gasteiger partial charge in [-0.15, -0.1) is 0 Å². The van der Waals surface area contributed by atoms with Crippen LogP contribution in [0.25, 0.3) is 11.4 Å². The molecule has 0 saturated carbocycles. The van der Waals surface area contributed by atoms with Gasteiger partial charge in [0, 0.05) is 29.6 Å². The largest absolute Gasteiger partial charge is 0.342 e. The molecule has 28 heavy (non-hydrogen) atoms. The van der Waals surface area contributed by atoms with Gasteiger partial charge in [-0.2, -0.15) is 9.97 Å². The highest BCUT2D eigenvalue weighted by Gasteiger charge is 2.28. The molecular weight excluding hydrogens is 405 g/mol. The zero-order valence-electron chi connectivity index (χ0n) is 15.1. The van der Waals surface area contributed by atoms with Crippen molar-refractivity contribution in [1.29, 1.82) is 0 Å². The molecule has 0 bridgehead atoms. The fourth-order valence-corrected chi connectivity index (χ4v) is 3.70. The summed E-state index contributed by atoms with van der Waals surface area (Å²) in [5.41, 5.74) is 0.670. The lowest BCUT2D eigenvalue weighted by Crippen LogP contribution is -2.38. The summed E-state index contributed by atoms with van der Waals surface area (Å²) in [6.45, 7) is 2.94. The van der Waals surface area contributed by atoms with Crippen molar-refractivity contribution in [2.45, 2.75) is 32.1 Å². The monoisotopic (exact) mass is 421 g/mol. The van der Waals surface area contributed by atoms with Crippen molar-refractivity contribution in [3.05, 3.63) is 45.9 Å². The SMILES string of the molecule is Cc1noc(CC(=O)N2CCC(c3nc(-c4ccc(Cl)cc4Cl)no3)CC2)n1. The Morgan fingerprint density at radius 2 is 1.96 bits per heavy atom. The average Bonchev–Trinajstić information content (AvgIpc) is 3.31. The van der Waals surface area contributed by atoms with Crippen molar-refractivity contribution < 1.29 is 13.8 Å². The summed E-state index contributed by atoms with van der Waals surface area (Å²) in [6.07, 6.45) is 1.60. The molecule has 2 aromatic heterocycles. The standard InChI is InChI=1S/C18H17Cl2N5O3/c1-10-21-15(27-23-10)9-16(26)25-6-4-11(5-7-25)18-22-17(24-28-18)13-3-2-12(19)8-14(13)20/h2-3,8,11H,4-7,9H2,1H3. The van der Waals surface area contributed by atoms with Gasteiger partial charge >= 0.3 is 0 Å². The van der Waals surface area contributed by atoms with Crippen LogP contribution in [0.3, 0.4) is 0 Å². The van der Waals surface area contributed by atoms with Gasteiger partial charge in [-0.25, -0.2) is 0 Å². The summed E-state index contributed by atoms with van der Waals surface area (Å²) in [4.78, 5) is 22.8. The van der Waals surface area contributed by atoms with Crippen molar-refractivity contribution >= 4 is 29.1 Å². The molecule has 0 atom stereocenters. The number of nitrogens with zero attached hydrogens (tertiary/aromatic N) is 5. The normalized spacial score (nSPS) is 15.2. The molecule has 0 spiro atoms. The Morgan fingerprint density at radius 1 is 1.18 bits per heavy atom. The van der Waals surface area contributed by atoms with E-state index >= 15 is 0 Å². The lowest BCUT2D eigenvalue weighted by molar-refractivity contribution is -0.132. The van der Waals surface area contributed by atoms with Crippen molar-refractivity contribution in [1.82, 2.24) is 25.2 Å². The van der Waals surface area contributed by atoms with Crippen LogP contribution in [0.15, 0.2) is 27.2 Å². The maximum Gasteiger partial charge on any atom is 0.236 e. The summed E-state index contributed by atoms with van der Waals surface area (Å²) >= 11 is 12.1. The van der Waals surface area contributed by atoms with Crippen LogP contribution in [0.4, 0.5) is 0 Å². The van der Waals surface area contributed by atoms with E-state index in [1.54, 1.807) is 30.0 Å². The average molecular weight is 422 g/mol. The molecule has 10 heteroatoms.